The van der Waals surface area contributed by atoms with E-state index in [9.17, 15) is 14.4 Å². The molecule has 0 amide bonds. The van der Waals surface area contributed by atoms with E-state index >= 15 is 0 Å². The molecule has 79 heavy (non-hydrogen) atoms. The molecular weight excluding hydrogens is 973 g/mol. The third-order valence-electron chi connectivity index (χ3n) is 13.3. The highest BCUT2D eigenvalue weighted by Gasteiger charge is 2.19. The fourth-order valence-electron chi connectivity index (χ4n) is 8.53. The molecule has 6 nitrogen and oxygen atoms in total. The molecule has 0 radical (unpaired) electrons. The highest BCUT2D eigenvalue weighted by atomic mass is 16.6. The molecular formula is C73H118O6. The van der Waals surface area contributed by atoms with Crippen LogP contribution in [-0.2, 0) is 28.6 Å². The fraction of sp³-hybridized carbons (Fsp3) is 0.630. The molecule has 0 aliphatic rings. The molecule has 0 aromatic heterocycles. The predicted molar refractivity (Wildman–Crippen MR) is 343 cm³/mol. The summed E-state index contributed by atoms with van der Waals surface area (Å²) in [6.07, 6.45) is 94.2. The highest BCUT2D eigenvalue weighted by molar-refractivity contribution is 5.71. The van der Waals surface area contributed by atoms with E-state index in [0.29, 0.717) is 19.3 Å². The largest absolute Gasteiger partial charge is 0.462 e. The van der Waals surface area contributed by atoms with Gasteiger partial charge in [0.05, 0.1) is 0 Å². The summed E-state index contributed by atoms with van der Waals surface area (Å²) >= 11 is 0. The minimum absolute atomic E-state index is 0.100. The van der Waals surface area contributed by atoms with Crippen molar-refractivity contribution in [3.8, 4) is 0 Å². The van der Waals surface area contributed by atoms with Crippen LogP contribution in [0.3, 0.4) is 0 Å². The summed E-state index contributed by atoms with van der Waals surface area (Å²) in [5, 5.41) is 0. The van der Waals surface area contributed by atoms with E-state index in [1.807, 2.05) is 0 Å². The number of ether oxygens (including phenoxy) is 3. The quantitative estimate of drug-likeness (QED) is 0.0261. The zero-order valence-corrected chi connectivity index (χ0v) is 51.1. The van der Waals surface area contributed by atoms with Gasteiger partial charge in [-0.3, -0.25) is 14.4 Å². The smallest absolute Gasteiger partial charge is 0.306 e. The van der Waals surface area contributed by atoms with Gasteiger partial charge in [-0.2, -0.15) is 0 Å². The van der Waals surface area contributed by atoms with Crippen molar-refractivity contribution in [1.29, 1.82) is 0 Å². The summed E-state index contributed by atoms with van der Waals surface area (Å²) in [6, 6.07) is 0. The average Bonchev–Trinajstić information content (AvgIpc) is 3.45. The topological polar surface area (TPSA) is 78.9 Å². The van der Waals surface area contributed by atoms with E-state index in [1.165, 1.54) is 77.0 Å². The molecule has 0 aliphatic heterocycles. The number of carbonyl (C=O) groups is 3. The molecule has 1 atom stereocenters. The van der Waals surface area contributed by atoms with Crippen LogP contribution in [0, 0.1) is 0 Å². The van der Waals surface area contributed by atoms with Crippen molar-refractivity contribution in [3.63, 3.8) is 0 Å². The Morgan fingerprint density at radius 2 is 0.494 bits per heavy atom. The summed E-state index contributed by atoms with van der Waals surface area (Å²) in [5.41, 5.74) is 0. The van der Waals surface area contributed by atoms with E-state index < -0.39 is 6.10 Å². The maximum atomic E-state index is 12.9. The van der Waals surface area contributed by atoms with E-state index in [1.54, 1.807) is 0 Å². The van der Waals surface area contributed by atoms with Crippen molar-refractivity contribution < 1.29 is 28.6 Å². The minimum Gasteiger partial charge on any atom is -0.462 e. The lowest BCUT2D eigenvalue weighted by Crippen LogP contribution is -2.30. The Hall–Kier alpha value is -4.71. The summed E-state index contributed by atoms with van der Waals surface area (Å²) < 4.78 is 16.9. The van der Waals surface area contributed by atoms with E-state index in [4.69, 9.17) is 14.2 Å². The molecule has 0 aliphatic carbocycles. The van der Waals surface area contributed by atoms with Gasteiger partial charge < -0.3 is 14.2 Å². The summed E-state index contributed by atoms with van der Waals surface area (Å²) in [4.78, 5) is 38.3. The molecule has 0 fully saturated rings. The summed E-state index contributed by atoms with van der Waals surface area (Å²) in [5.74, 6) is -0.943. The van der Waals surface area contributed by atoms with Gasteiger partial charge in [0.15, 0.2) is 6.10 Å². The monoisotopic (exact) mass is 1090 g/mol. The summed E-state index contributed by atoms with van der Waals surface area (Å²) in [7, 11) is 0. The van der Waals surface area contributed by atoms with Gasteiger partial charge in [-0.1, -0.05) is 263 Å². The Labute approximate surface area is 487 Å². The Morgan fingerprint density at radius 1 is 0.266 bits per heavy atom. The molecule has 446 valence electrons. The van der Waals surface area contributed by atoms with Crippen LogP contribution in [0.15, 0.2) is 146 Å². The molecule has 1 unspecified atom stereocenters. The van der Waals surface area contributed by atoms with Crippen LogP contribution in [0.2, 0.25) is 0 Å². The van der Waals surface area contributed by atoms with Crippen LogP contribution < -0.4 is 0 Å². The zero-order valence-electron chi connectivity index (χ0n) is 51.1. The Balaban J connectivity index is 4.41. The molecule has 0 rings (SSSR count). The second-order valence-electron chi connectivity index (χ2n) is 20.9. The zero-order chi connectivity index (χ0) is 57.1. The van der Waals surface area contributed by atoms with Crippen molar-refractivity contribution in [1.82, 2.24) is 0 Å². The van der Waals surface area contributed by atoms with E-state index in [2.05, 4.69) is 167 Å². The van der Waals surface area contributed by atoms with Crippen LogP contribution in [0.1, 0.15) is 278 Å². The van der Waals surface area contributed by atoms with Gasteiger partial charge in [0.2, 0.25) is 0 Å². The number of hydrogen-bond acceptors (Lipinski definition) is 6. The standard InChI is InChI=1S/C73H118O6/c1-4-7-10-13-16-19-22-25-28-30-31-32-33-34-35-36-37-38-39-40-41-43-45-48-51-54-57-60-63-66-72(75)78-69-70(68-77-71(74)65-62-59-56-53-50-47-44-27-24-21-18-15-12-9-6-3)79-73(76)67-64-61-58-55-52-49-46-42-29-26-23-20-17-14-11-8-5-2/h7-8,10-11,16-17,19-20,25-29,31-32,34-35,37-38,40-41,44,46,49,70H,4-6,9,12-15,18,21-24,30,33,36,39,42-43,45,47-48,50-69H2,1-3H3/b10-7-,11-8-,19-16-,20-17-,28-25-,29-26-,32-31-,35-34-,38-37-,41-40-,44-27-,49-46-. The molecule has 0 bridgehead atoms. The van der Waals surface area contributed by atoms with Crippen LogP contribution in [0.25, 0.3) is 0 Å². The fourth-order valence-corrected chi connectivity index (χ4v) is 8.53. The van der Waals surface area contributed by atoms with Gasteiger partial charge in [-0.05, 0) is 141 Å². The molecule has 0 N–H and O–H groups in total. The van der Waals surface area contributed by atoms with Crippen LogP contribution in [0.4, 0.5) is 0 Å². The number of hydrogen-bond donors (Lipinski definition) is 0. The highest BCUT2D eigenvalue weighted by Crippen LogP contribution is 2.14. The van der Waals surface area contributed by atoms with Crippen molar-refractivity contribution in [3.05, 3.63) is 146 Å². The third kappa shape index (κ3) is 64.0. The number of rotatable bonds is 57. The third-order valence-corrected chi connectivity index (χ3v) is 13.3. The first-order valence-corrected chi connectivity index (χ1v) is 32.3. The molecule has 0 saturated carbocycles. The van der Waals surface area contributed by atoms with E-state index in [-0.39, 0.29) is 31.1 Å². The Bertz CT molecular complexity index is 1730. The second kappa shape index (κ2) is 65.8. The average molecular weight is 1090 g/mol. The minimum atomic E-state index is -0.806. The van der Waals surface area contributed by atoms with Crippen LogP contribution in [0.5, 0.6) is 0 Å². The summed E-state index contributed by atoms with van der Waals surface area (Å²) in [6.45, 7) is 6.37. The maximum Gasteiger partial charge on any atom is 0.306 e. The van der Waals surface area contributed by atoms with Crippen molar-refractivity contribution in [2.24, 2.45) is 0 Å². The van der Waals surface area contributed by atoms with Crippen molar-refractivity contribution in [2.75, 3.05) is 13.2 Å². The Kier molecular flexibility index (Phi) is 61.9. The number of unbranched alkanes of at least 4 members (excludes halogenated alkanes) is 22. The molecule has 0 aromatic carbocycles. The molecule has 0 spiro atoms. The SMILES string of the molecule is CC/C=C\C/C=C\C/C=C\C/C=C\C/C=C\C/C=C\C/C=C\CCCCCCCCCC(=O)OCC(COC(=O)CCCCCCC/C=C\CCCCCCCC)OC(=O)CCCCCC/C=C\C/C=C\C/C=C\C/C=C\CC. The van der Waals surface area contributed by atoms with Gasteiger partial charge in [0.25, 0.3) is 0 Å². The van der Waals surface area contributed by atoms with Crippen molar-refractivity contribution >= 4 is 17.9 Å². The normalized spacial score (nSPS) is 13.1. The lowest BCUT2D eigenvalue weighted by molar-refractivity contribution is -0.167. The number of carbonyl (C=O) groups excluding carboxylic acids is 3. The van der Waals surface area contributed by atoms with Gasteiger partial charge >= 0.3 is 17.9 Å². The first-order valence-electron chi connectivity index (χ1n) is 32.3. The second-order valence-corrected chi connectivity index (χ2v) is 20.9. The van der Waals surface area contributed by atoms with Crippen molar-refractivity contribution in [2.45, 2.75) is 284 Å². The number of allylic oxidation sites excluding steroid dienone is 24. The first kappa shape index (κ1) is 74.3. The van der Waals surface area contributed by atoms with Gasteiger partial charge in [-0.15, -0.1) is 0 Å². The molecule has 0 saturated heterocycles. The molecule has 6 heteroatoms. The lowest BCUT2D eigenvalue weighted by Gasteiger charge is -2.18. The molecule has 0 heterocycles. The van der Waals surface area contributed by atoms with Gasteiger partial charge in [0.1, 0.15) is 13.2 Å². The van der Waals surface area contributed by atoms with Gasteiger partial charge in [0, 0.05) is 19.3 Å². The van der Waals surface area contributed by atoms with Crippen LogP contribution in [-0.4, -0.2) is 37.2 Å². The Morgan fingerprint density at radius 3 is 0.785 bits per heavy atom. The lowest BCUT2D eigenvalue weighted by atomic mass is 10.1. The molecule has 0 aromatic rings. The maximum absolute atomic E-state index is 12.9. The van der Waals surface area contributed by atoms with Gasteiger partial charge in [-0.25, -0.2) is 0 Å². The number of esters is 3. The van der Waals surface area contributed by atoms with Crippen LogP contribution >= 0.6 is 0 Å². The van der Waals surface area contributed by atoms with E-state index in [0.717, 1.165) is 161 Å². The first-order chi connectivity index (χ1) is 39.0. The predicted octanol–water partition coefficient (Wildman–Crippen LogP) is 22.3.